The molecule has 24 heavy (non-hydrogen) atoms. The lowest BCUT2D eigenvalue weighted by molar-refractivity contribution is -0.228. The van der Waals surface area contributed by atoms with Gasteiger partial charge in [0.05, 0.1) is 6.61 Å². The molecule has 0 aromatic heterocycles. The molecule has 2 heterocycles. The largest absolute Gasteiger partial charge is 0.460 e. The molecule has 0 bridgehead atoms. The highest BCUT2D eigenvalue weighted by Crippen LogP contribution is 2.65. The molecule has 2 saturated heterocycles. The first kappa shape index (κ1) is 18.1. The predicted octanol–water partition coefficient (Wildman–Crippen LogP) is 2.03. The van der Waals surface area contributed by atoms with Crippen LogP contribution in [0, 0.1) is 11.3 Å². The molecule has 2 aliphatic heterocycles. The van der Waals surface area contributed by atoms with E-state index in [4.69, 9.17) is 18.9 Å². The maximum Gasteiger partial charge on any atom is 0.303 e. The Morgan fingerprint density at radius 1 is 1.33 bits per heavy atom. The van der Waals surface area contributed by atoms with Gasteiger partial charge in [0.1, 0.15) is 22.9 Å². The molecule has 0 unspecified atom stereocenters. The average Bonchev–Trinajstić information content (AvgIpc) is 2.84. The molecule has 6 heteroatoms. The third kappa shape index (κ3) is 2.19. The quantitative estimate of drug-likeness (QED) is 0.791. The van der Waals surface area contributed by atoms with E-state index >= 15 is 0 Å². The SMILES string of the molecule is CO[C@@H]1O[C@]23C[C@H](C(C)(C)OC(C)=O)CC[C@@]2(C)CO[C@]3(C)[C@@H]1O. The van der Waals surface area contributed by atoms with Gasteiger partial charge >= 0.3 is 5.97 Å². The highest BCUT2D eigenvalue weighted by molar-refractivity contribution is 5.66. The molecule has 1 spiro atoms. The minimum absolute atomic E-state index is 0.123. The van der Waals surface area contributed by atoms with Crippen molar-refractivity contribution >= 4 is 5.97 Å². The van der Waals surface area contributed by atoms with Gasteiger partial charge in [-0.05, 0) is 40.0 Å². The maximum atomic E-state index is 11.5. The van der Waals surface area contributed by atoms with Gasteiger partial charge in [-0.3, -0.25) is 4.79 Å². The molecule has 6 nitrogen and oxygen atoms in total. The molecule has 3 aliphatic rings. The van der Waals surface area contributed by atoms with E-state index in [-0.39, 0.29) is 17.3 Å². The van der Waals surface area contributed by atoms with Crippen molar-refractivity contribution in [2.75, 3.05) is 13.7 Å². The molecular formula is C18H30O6. The smallest absolute Gasteiger partial charge is 0.303 e. The van der Waals surface area contributed by atoms with Crippen LogP contribution in [0.25, 0.3) is 0 Å². The summed E-state index contributed by atoms with van der Waals surface area (Å²) in [5, 5.41) is 10.7. The number of carbonyl (C=O) groups excluding carboxylic acids is 1. The van der Waals surface area contributed by atoms with Crippen LogP contribution in [0.4, 0.5) is 0 Å². The van der Waals surface area contributed by atoms with Crippen molar-refractivity contribution in [1.82, 2.24) is 0 Å². The van der Waals surface area contributed by atoms with Gasteiger partial charge in [-0.1, -0.05) is 6.92 Å². The molecule has 1 aliphatic carbocycles. The first-order chi connectivity index (χ1) is 11.0. The fourth-order valence-electron chi connectivity index (χ4n) is 5.18. The summed E-state index contributed by atoms with van der Waals surface area (Å²) in [5.41, 5.74) is -2.27. The lowest BCUT2D eigenvalue weighted by Gasteiger charge is -2.52. The summed E-state index contributed by atoms with van der Waals surface area (Å²) in [7, 11) is 1.54. The highest BCUT2D eigenvalue weighted by atomic mass is 16.7. The van der Waals surface area contributed by atoms with Gasteiger partial charge in [-0.15, -0.1) is 0 Å². The Balaban J connectivity index is 1.97. The summed E-state index contributed by atoms with van der Waals surface area (Å²) >= 11 is 0. The van der Waals surface area contributed by atoms with Gasteiger partial charge in [0.2, 0.25) is 0 Å². The summed E-state index contributed by atoms with van der Waals surface area (Å²) in [6.07, 6.45) is 0.929. The van der Waals surface area contributed by atoms with Gasteiger partial charge in [0, 0.05) is 25.4 Å². The Labute approximate surface area is 143 Å². The minimum Gasteiger partial charge on any atom is -0.460 e. The van der Waals surface area contributed by atoms with E-state index in [2.05, 4.69) is 6.92 Å². The molecule has 6 atom stereocenters. The second kappa shape index (κ2) is 5.40. The predicted molar refractivity (Wildman–Crippen MR) is 86.3 cm³/mol. The fourth-order valence-corrected chi connectivity index (χ4v) is 5.18. The zero-order valence-corrected chi connectivity index (χ0v) is 15.5. The van der Waals surface area contributed by atoms with E-state index in [9.17, 15) is 9.90 Å². The zero-order chi connectivity index (χ0) is 18.0. The van der Waals surface area contributed by atoms with Crippen LogP contribution >= 0.6 is 0 Å². The number of hydrogen-bond donors (Lipinski definition) is 1. The number of esters is 1. The third-order valence-corrected chi connectivity index (χ3v) is 6.81. The van der Waals surface area contributed by atoms with Gasteiger partial charge in [-0.25, -0.2) is 0 Å². The number of aliphatic hydroxyl groups is 1. The summed E-state index contributed by atoms with van der Waals surface area (Å²) < 4.78 is 23.4. The van der Waals surface area contributed by atoms with Crippen LogP contribution in [0.1, 0.15) is 53.9 Å². The van der Waals surface area contributed by atoms with Crippen molar-refractivity contribution in [2.24, 2.45) is 11.3 Å². The van der Waals surface area contributed by atoms with Gasteiger partial charge in [0.25, 0.3) is 0 Å². The van der Waals surface area contributed by atoms with Crippen LogP contribution < -0.4 is 0 Å². The van der Waals surface area contributed by atoms with Crippen LogP contribution in [0.15, 0.2) is 0 Å². The normalized spacial score (nSPS) is 48.0. The molecule has 138 valence electrons. The van der Waals surface area contributed by atoms with E-state index in [0.717, 1.165) is 12.8 Å². The van der Waals surface area contributed by atoms with Crippen LogP contribution in [-0.2, 0) is 23.7 Å². The highest BCUT2D eigenvalue weighted by Gasteiger charge is 2.76. The van der Waals surface area contributed by atoms with Crippen LogP contribution in [0.2, 0.25) is 0 Å². The van der Waals surface area contributed by atoms with Crippen LogP contribution in [-0.4, -0.2) is 54.0 Å². The Kier molecular flexibility index (Phi) is 4.08. The van der Waals surface area contributed by atoms with Gasteiger partial charge in [0.15, 0.2) is 6.29 Å². The molecule has 1 saturated carbocycles. The first-order valence-electron chi connectivity index (χ1n) is 8.73. The Morgan fingerprint density at radius 3 is 2.58 bits per heavy atom. The lowest BCUT2D eigenvalue weighted by atomic mass is 9.55. The molecule has 1 N–H and O–H groups in total. The maximum absolute atomic E-state index is 11.5. The van der Waals surface area contributed by atoms with E-state index < -0.39 is 29.2 Å². The van der Waals surface area contributed by atoms with Crippen LogP contribution in [0.3, 0.4) is 0 Å². The number of aliphatic hydroxyl groups excluding tert-OH is 1. The molecule has 0 radical (unpaired) electrons. The first-order valence-corrected chi connectivity index (χ1v) is 8.73. The average molecular weight is 342 g/mol. The summed E-state index contributed by atoms with van der Waals surface area (Å²) in [5.74, 6) is -0.156. The fraction of sp³-hybridized carbons (Fsp3) is 0.944. The summed E-state index contributed by atoms with van der Waals surface area (Å²) in [6.45, 7) is 9.97. The van der Waals surface area contributed by atoms with Crippen molar-refractivity contribution in [3.8, 4) is 0 Å². The van der Waals surface area contributed by atoms with Crippen molar-refractivity contribution in [3.63, 3.8) is 0 Å². The second-order valence-electron chi connectivity index (χ2n) is 8.59. The van der Waals surface area contributed by atoms with E-state index in [0.29, 0.717) is 13.0 Å². The number of rotatable bonds is 3. The van der Waals surface area contributed by atoms with E-state index in [1.807, 2.05) is 20.8 Å². The van der Waals surface area contributed by atoms with Crippen LogP contribution in [0.5, 0.6) is 0 Å². The lowest BCUT2D eigenvalue weighted by Crippen LogP contribution is -2.62. The minimum atomic E-state index is -0.847. The van der Waals surface area contributed by atoms with Crippen molar-refractivity contribution in [1.29, 1.82) is 0 Å². The standard InChI is InChI=1S/C18H30O6/c1-11(19)23-15(2,3)12-7-8-16(4)10-22-17(5)13(20)14(21-6)24-18(16,17)9-12/h12-14,20H,7-10H2,1-6H3/t12-,13-,14-,16+,17-,18-/m1/s1. The molecular weight excluding hydrogens is 312 g/mol. The second-order valence-corrected chi connectivity index (χ2v) is 8.59. The summed E-state index contributed by atoms with van der Waals surface area (Å²) in [6, 6.07) is 0. The van der Waals surface area contributed by atoms with E-state index in [1.165, 1.54) is 14.0 Å². The number of methoxy groups -OCH3 is 1. The summed E-state index contributed by atoms with van der Waals surface area (Å²) in [4.78, 5) is 11.5. The van der Waals surface area contributed by atoms with Gasteiger partial charge < -0.3 is 24.1 Å². The van der Waals surface area contributed by atoms with Crippen molar-refractivity contribution < 1.29 is 28.8 Å². The molecule has 0 aromatic rings. The Morgan fingerprint density at radius 2 is 2.00 bits per heavy atom. The topological polar surface area (TPSA) is 74.2 Å². The van der Waals surface area contributed by atoms with Crippen molar-refractivity contribution in [2.45, 2.75) is 83.1 Å². The third-order valence-electron chi connectivity index (χ3n) is 6.81. The number of hydrogen-bond acceptors (Lipinski definition) is 6. The molecule has 0 aromatic carbocycles. The number of carbonyl (C=O) groups is 1. The van der Waals surface area contributed by atoms with Gasteiger partial charge in [-0.2, -0.15) is 0 Å². The monoisotopic (exact) mass is 342 g/mol. The number of ether oxygens (including phenoxy) is 4. The van der Waals surface area contributed by atoms with E-state index in [1.54, 1.807) is 0 Å². The Hall–Kier alpha value is -0.690. The molecule has 3 fully saturated rings. The molecule has 0 amide bonds. The van der Waals surface area contributed by atoms with Crippen molar-refractivity contribution in [3.05, 3.63) is 0 Å². The zero-order valence-electron chi connectivity index (χ0n) is 15.5. The molecule has 3 rings (SSSR count). The Bertz CT molecular complexity index is 534.